The van der Waals surface area contributed by atoms with Gasteiger partial charge in [-0.05, 0) is 48.6 Å². The van der Waals surface area contributed by atoms with E-state index >= 15 is 0 Å². The zero-order chi connectivity index (χ0) is 16.9. The number of anilines is 1. The smallest absolute Gasteiger partial charge is 0.269 e. The number of rotatable bonds is 3. The standard InChI is InChI=1S/C14H14N4O3S2/c15-23(20,21)12-8-6-11(7-9-12)16-14(22)18-17-13(19)10-4-2-1-3-5-10/h1-9H,(H,17,19)(H2,15,20,21)(H2,16,18,22). The molecule has 0 atom stereocenters. The molecule has 2 aromatic rings. The van der Waals surface area contributed by atoms with E-state index in [-0.39, 0.29) is 15.9 Å². The van der Waals surface area contributed by atoms with Crippen LogP contribution in [0.1, 0.15) is 10.4 Å². The summed E-state index contributed by atoms with van der Waals surface area (Å²) in [5, 5.41) is 7.96. The van der Waals surface area contributed by atoms with Crippen molar-refractivity contribution >= 4 is 38.9 Å². The van der Waals surface area contributed by atoms with Crippen LogP contribution >= 0.6 is 12.2 Å². The van der Waals surface area contributed by atoms with E-state index in [0.29, 0.717) is 11.3 Å². The van der Waals surface area contributed by atoms with Crippen LogP contribution < -0.4 is 21.3 Å². The van der Waals surface area contributed by atoms with Crippen LogP contribution in [-0.4, -0.2) is 19.4 Å². The van der Waals surface area contributed by atoms with E-state index in [0.717, 1.165) is 0 Å². The highest BCUT2D eigenvalue weighted by molar-refractivity contribution is 7.89. The maximum absolute atomic E-state index is 11.8. The van der Waals surface area contributed by atoms with Crippen molar-refractivity contribution in [1.29, 1.82) is 0 Å². The summed E-state index contributed by atoms with van der Waals surface area (Å²) >= 11 is 5.03. The molecule has 7 nitrogen and oxygen atoms in total. The Bertz CT molecular complexity index is 806. The number of benzene rings is 2. The second-order valence-corrected chi connectivity index (χ2v) is 6.44. The molecule has 2 aromatic carbocycles. The Morgan fingerprint density at radius 1 is 0.957 bits per heavy atom. The first-order valence-electron chi connectivity index (χ1n) is 6.41. The molecule has 23 heavy (non-hydrogen) atoms. The molecule has 0 saturated heterocycles. The summed E-state index contributed by atoms with van der Waals surface area (Å²) in [6, 6.07) is 14.3. The summed E-state index contributed by atoms with van der Waals surface area (Å²) in [6.07, 6.45) is 0. The Morgan fingerprint density at radius 3 is 2.13 bits per heavy atom. The third kappa shape index (κ3) is 5.02. The molecule has 0 aliphatic carbocycles. The third-order valence-electron chi connectivity index (χ3n) is 2.77. The summed E-state index contributed by atoms with van der Waals surface area (Å²) in [6.45, 7) is 0. The van der Waals surface area contributed by atoms with Gasteiger partial charge in [0.25, 0.3) is 5.91 Å². The van der Waals surface area contributed by atoms with Gasteiger partial charge < -0.3 is 5.32 Å². The quantitative estimate of drug-likeness (QED) is 0.484. The number of primary sulfonamides is 1. The molecule has 0 heterocycles. The lowest BCUT2D eigenvalue weighted by Crippen LogP contribution is -2.43. The van der Waals surface area contributed by atoms with Gasteiger partial charge in [0.05, 0.1) is 4.90 Å². The molecule has 0 unspecified atom stereocenters. The number of nitrogens with one attached hydrogen (secondary N) is 3. The second-order valence-electron chi connectivity index (χ2n) is 4.47. The highest BCUT2D eigenvalue weighted by Gasteiger charge is 2.08. The van der Waals surface area contributed by atoms with Crippen molar-refractivity contribution < 1.29 is 13.2 Å². The van der Waals surface area contributed by atoms with E-state index in [2.05, 4.69) is 16.2 Å². The van der Waals surface area contributed by atoms with Gasteiger partial charge in [-0.3, -0.25) is 15.6 Å². The SMILES string of the molecule is NS(=O)(=O)c1ccc(NC(=S)NNC(=O)c2ccccc2)cc1. The summed E-state index contributed by atoms with van der Waals surface area (Å²) < 4.78 is 22.3. The summed E-state index contributed by atoms with van der Waals surface area (Å²) in [5.74, 6) is -0.334. The molecular formula is C14H14N4O3S2. The van der Waals surface area contributed by atoms with Crippen LogP contribution in [0.25, 0.3) is 0 Å². The van der Waals surface area contributed by atoms with Gasteiger partial charge in [0.2, 0.25) is 10.0 Å². The Balaban J connectivity index is 1.89. The minimum absolute atomic E-state index is 0.000641. The molecule has 0 aromatic heterocycles. The lowest BCUT2D eigenvalue weighted by Gasteiger charge is -2.11. The minimum atomic E-state index is -3.73. The van der Waals surface area contributed by atoms with Crippen molar-refractivity contribution in [2.75, 3.05) is 5.32 Å². The number of carbonyl (C=O) groups excluding carboxylic acids is 1. The highest BCUT2D eigenvalue weighted by atomic mass is 32.2. The first kappa shape index (κ1) is 16.9. The summed E-state index contributed by atoms with van der Waals surface area (Å²) in [5.41, 5.74) is 6.03. The predicted molar refractivity (Wildman–Crippen MR) is 91.1 cm³/mol. The molecule has 5 N–H and O–H groups in total. The van der Waals surface area contributed by atoms with Gasteiger partial charge in [0.1, 0.15) is 0 Å². The first-order valence-corrected chi connectivity index (χ1v) is 8.37. The number of sulfonamides is 1. The minimum Gasteiger partial charge on any atom is -0.331 e. The normalized spacial score (nSPS) is 10.7. The molecule has 0 fully saturated rings. The van der Waals surface area contributed by atoms with E-state index in [1.807, 2.05) is 6.07 Å². The van der Waals surface area contributed by atoms with Gasteiger partial charge in [0, 0.05) is 11.3 Å². The van der Waals surface area contributed by atoms with E-state index in [1.54, 1.807) is 24.3 Å². The van der Waals surface area contributed by atoms with Crippen molar-refractivity contribution in [3.8, 4) is 0 Å². The van der Waals surface area contributed by atoms with E-state index in [4.69, 9.17) is 17.4 Å². The van der Waals surface area contributed by atoms with Gasteiger partial charge in [-0.15, -0.1) is 0 Å². The number of hydrazine groups is 1. The summed E-state index contributed by atoms with van der Waals surface area (Å²) in [7, 11) is -3.73. The van der Waals surface area contributed by atoms with Crippen molar-refractivity contribution in [2.24, 2.45) is 5.14 Å². The number of carbonyl (C=O) groups is 1. The number of thiocarbonyl (C=S) groups is 1. The first-order chi connectivity index (χ1) is 10.9. The van der Waals surface area contributed by atoms with E-state index in [1.165, 1.54) is 24.3 Å². The topological polar surface area (TPSA) is 113 Å². The van der Waals surface area contributed by atoms with Crippen molar-refractivity contribution in [2.45, 2.75) is 4.90 Å². The molecule has 120 valence electrons. The van der Waals surface area contributed by atoms with Gasteiger partial charge in [-0.1, -0.05) is 18.2 Å². The largest absolute Gasteiger partial charge is 0.331 e. The van der Waals surface area contributed by atoms with Crippen molar-refractivity contribution in [3.05, 3.63) is 60.2 Å². The average Bonchev–Trinajstić information content (AvgIpc) is 2.53. The Kier molecular flexibility index (Phi) is 5.27. The fourth-order valence-electron chi connectivity index (χ4n) is 1.67. The molecule has 0 bridgehead atoms. The third-order valence-corrected chi connectivity index (χ3v) is 3.90. The Labute approximate surface area is 138 Å². The second kappa shape index (κ2) is 7.18. The molecular weight excluding hydrogens is 336 g/mol. The number of amides is 1. The fourth-order valence-corrected chi connectivity index (χ4v) is 2.35. The van der Waals surface area contributed by atoms with Crippen LogP contribution in [0.3, 0.4) is 0 Å². The molecule has 0 radical (unpaired) electrons. The number of hydrogen-bond acceptors (Lipinski definition) is 4. The lowest BCUT2D eigenvalue weighted by atomic mass is 10.2. The number of nitrogens with two attached hydrogens (primary N) is 1. The van der Waals surface area contributed by atoms with Crippen LogP contribution in [0.5, 0.6) is 0 Å². The van der Waals surface area contributed by atoms with E-state index < -0.39 is 10.0 Å². The highest BCUT2D eigenvalue weighted by Crippen LogP contribution is 2.12. The fraction of sp³-hybridized carbons (Fsp3) is 0. The lowest BCUT2D eigenvalue weighted by molar-refractivity contribution is 0.0944. The van der Waals surface area contributed by atoms with Crippen LogP contribution in [0.4, 0.5) is 5.69 Å². The number of hydrogen-bond donors (Lipinski definition) is 4. The average molecular weight is 350 g/mol. The molecule has 0 aliphatic heterocycles. The Morgan fingerprint density at radius 2 is 1.57 bits per heavy atom. The monoisotopic (exact) mass is 350 g/mol. The molecule has 0 saturated carbocycles. The van der Waals surface area contributed by atoms with Gasteiger partial charge in [-0.2, -0.15) is 0 Å². The van der Waals surface area contributed by atoms with Crippen molar-refractivity contribution in [1.82, 2.24) is 10.9 Å². The van der Waals surface area contributed by atoms with Gasteiger partial charge >= 0.3 is 0 Å². The molecule has 2 rings (SSSR count). The maximum Gasteiger partial charge on any atom is 0.269 e. The zero-order valence-corrected chi connectivity index (χ0v) is 13.4. The van der Waals surface area contributed by atoms with Crippen LogP contribution in [0.15, 0.2) is 59.5 Å². The van der Waals surface area contributed by atoms with Crippen LogP contribution in [-0.2, 0) is 10.0 Å². The Hall–Kier alpha value is -2.49. The van der Waals surface area contributed by atoms with Crippen molar-refractivity contribution in [3.63, 3.8) is 0 Å². The predicted octanol–water partition coefficient (Wildman–Crippen LogP) is 0.965. The summed E-state index contributed by atoms with van der Waals surface area (Å²) in [4.78, 5) is 11.8. The molecule has 0 spiro atoms. The van der Waals surface area contributed by atoms with Crippen LogP contribution in [0, 0.1) is 0 Å². The molecule has 1 amide bonds. The molecule has 0 aliphatic rings. The van der Waals surface area contributed by atoms with Gasteiger partial charge in [-0.25, -0.2) is 13.6 Å². The molecule has 9 heteroatoms. The van der Waals surface area contributed by atoms with Gasteiger partial charge in [0.15, 0.2) is 5.11 Å². The van der Waals surface area contributed by atoms with E-state index in [9.17, 15) is 13.2 Å². The van der Waals surface area contributed by atoms with Crippen LogP contribution in [0.2, 0.25) is 0 Å². The maximum atomic E-state index is 11.8. The zero-order valence-electron chi connectivity index (χ0n) is 11.8.